The van der Waals surface area contributed by atoms with E-state index in [0.717, 1.165) is 26.2 Å². The molecular weight excluding hydrogens is 310 g/mol. The largest absolute Gasteiger partial charge is 0.476 e. The first-order valence-corrected chi connectivity index (χ1v) is 7.88. The van der Waals surface area contributed by atoms with E-state index in [1.54, 1.807) is 6.20 Å². The predicted molar refractivity (Wildman–Crippen MR) is 95.3 cm³/mol. The number of piperazine rings is 1. The summed E-state index contributed by atoms with van der Waals surface area (Å²) >= 11 is 0. The van der Waals surface area contributed by atoms with Crippen molar-refractivity contribution in [1.29, 1.82) is 0 Å². The molecule has 2 aromatic rings. The van der Waals surface area contributed by atoms with Crippen LogP contribution in [-0.4, -0.2) is 42.7 Å². The van der Waals surface area contributed by atoms with Crippen molar-refractivity contribution in [3.63, 3.8) is 0 Å². The molecule has 1 aliphatic rings. The maximum atomic E-state index is 5.70. The van der Waals surface area contributed by atoms with Gasteiger partial charge in [0.05, 0.1) is 0 Å². The van der Waals surface area contributed by atoms with Crippen LogP contribution in [0.1, 0.15) is 17.2 Å². The Morgan fingerprint density at radius 2 is 2.04 bits per heavy atom. The molecule has 23 heavy (non-hydrogen) atoms. The number of hydrogen-bond donors (Lipinski definition) is 1. The molecule has 1 aromatic carbocycles. The smallest absolute Gasteiger partial charge is 0.213 e. The van der Waals surface area contributed by atoms with Gasteiger partial charge in [0.2, 0.25) is 5.88 Å². The maximum absolute atomic E-state index is 5.70. The van der Waals surface area contributed by atoms with Gasteiger partial charge in [0.15, 0.2) is 0 Å². The number of aromatic nitrogens is 1. The van der Waals surface area contributed by atoms with Crippen molar-refractivity contribution in [2.75, 3.05) is 32.8 Å². The molecule has 124 valence electrons. The van der Waals surface area contributed by atoms with Gasteiger partial charge in [0, 0.05) is 44.5 Å². The molecule has 5 heteroatoms. The second-order valence-corrected chi connectivity index (χ2v) is 5.68. The normalized spacial score (nSPS) is 18.2. The predicted octanol–water partition coefficient (Wildman–Crippen LogP) is 2.84. The minimum Gasteiger partial charge on any atom is -0.476 e. The lowest BCUT2D eigenvalue weighted by Gasteiger charge is -2.34. The Hall–Kier alpha value is -1.62. The van der Waals surface area contributed by atoms with Gasteiger partial charge in [-0.05, 0) is 24.1 Å². The Kier molecular flexibility index (Phi) is 6.84. The van der Waals surface area contributed by atoms with Gasteiger partial charge in [0.25, 0.3) is 0 Å². The number of nitrogens with one attached hydrogen (secondary N) is 1. The fourth-order valence-corrected chi connectivity index (χ4v) is 2.91. The van der Waals surface area contributed by atoms with Crippen LogP contribution in [0.4, 0.5) is 0 Å². The van der Waals surface area contributed by atoms with E-state index in [1.165, 1.54) is 11.1 Å². The van der Waals surface area contributed by atoms with E-state index in [1.807, 2.05) is 18.2 Å². The lowest BCUT2D eigenvalue weighted by atomic mass is 9.99. The van der Waals surface area contributed by atoms with Crippen LogP contribution in [0.25, 0.3) is 0 Å². The van der Waals surface area contributed by atoms with Crippen LogP contribution in [0.3, 0.4) is 0 Å². The average molecular weight is 334 g/mol. The highest BCUT2D eigenvalue weighted by Crippen LogP contribution is 2.20. The first-order valence-electron chi connectivity index (χ1n) is 7.88. The summed E-state index contributed by atoms with van der Waals surface area (Å²) in [6, 6.07) is 14.8. The summed E-state index contributed by atoms with van der Waals surface area (Å²) < 4.78 is 5.70. The van der Waals surface area contributed by atoms with Crippen molar-refractivity contribution in [2.24, 2.45) is 0 Å². The van der Waals surface area contributed by atoms with Crippen LogP contribution < -0.4 is 10.1 Å². The van der Waals surface area contributed by atoms with E-state index in [2.05, 4.69) is 46.4 Å². The summed E-state index contributed by atoms with van der Waals surface area (Å²) in [6.45, 7) is 6.89. The van der Waals surface area contributed by atoms with Crippen LogP contribution in [0, 0.1) is 6.92 Å². The van der Waals surface area contributed by atoms with Crippen molar-refractivity contribution >= 4 is 12.4 Å². The summed E-state index contributed by atoms with van der Waals surface area (Å²) in [5, 5.41) is 3.62. The zero-order valence-corrected chi connectivity index (χ0v) is 14.3. The highest BCUT2D eigenvalue weighted by molar-refractivity contribution is 5.85. The van der Waals surface area contributed by atoms with Gasteiger partial charge in [-0.3, -0.25) is 4.90 Å². The molecule has 1 fully saturated rings. The Labute approximate surface area is 144 Å². The number of aryl methyl sites for hydroxylation is 1. The molecule has 2 heterocycles. The number of hydrogen-bond acceptors (Lipinski definition) is 4. The number of nitrogens with zero attached hydrogens (tertiary/aromatic N) is 2. The molecule has 0 radical (unpaired) electrons. The number of benzene rings is 1. The molecule has 0 amide bonds. The first-order chi connectivity index (χ1) is 10.8. The van der Waals surface area contributed by atoms with Crippen molar-refractivity contribution in [3.8, 4) is 5.88 Å². The van der Waals surface area contributed by atoms with Gasteiger partial charge in [-0.15, -0.1) is 12.4 Å². The Morgan fingerprint density at radius 3 is 2.83 bits per heavy atom. The lowest BCUT2D eigenvalue weighted by Crippen LogP contribution is -2.47. The van der Waals surface area contributed by atoms with Gasteiger partial charge >= 0.3 is 0 Å². The van der Waals surface area contributed by atoms with Gasteiger partial charge in [-0.1, -0.05) is 30.3 Å². The van der Waals surface area contributed by atoms with Crippen LogP contribution >= 0.6 is 12.4 Å². The molecule has 0 spiro atoms. The van der Waals surface area contributed by atoms with E-state index < -0.39 is 0 Å². The summed E-state index contributed by atoms with van der Waals surface area (Å²) in [4.78, 5) is 6.64. The molecular formula is C18H24ClN3O. The van der Waals surface area contributed by atoms with Gasteiger partial charge in [-0.2, -0.15) is 0 Å². The molecule has 1 aliphatic heterocycles. The second kappa shape index (κ2) is 8.87. The number of halogens is 1. The van der Waals surface area contributed by atoms with E-state index >= 15 is 0 Å². The van der Waals surface area contributed by atoms with Crippen molar-refractivity contribution in [2.45, 2.75) is 13.0 Å². The molecule has 4 nitrogen and oxygen atoms in total. The monoisotopic (exact) mass is 333 g/mol. The van der Waals surface area contributed by atoms with Crippen LogP contribution in [0.5, 0.6) is 5.88 Å². The summed E-state index contributed by atoms with van der Waals surface area (Å²) in [7, 11) is 0. The molecule has 1 atom stereocenters. The summed E-state index contributed by atoms with van der Waals surface area (Å²) in [5.74, 6) is 0.702. The van der Waals surface area contributed by atoms with Gasteiger partial charge in [0.1, 0.15) is 6.61 Å². The third-order valence-corrected chi connectivity index (χ3v) is 4.12. The average Bonchev–Trinajstić information content (AvgIpc) is 2.57. The van der Waals surface area contributed by atoms with Crippen LogP contribution in [0.2, 0.25) is 0 Å². The third kappa shape index (κ3) is 4.93. The van der Waals surface area contributed by atoms with E-state index in [0.29, 0.717) is 18.5 Å². The van der Waals surface area contributed by atoms with Gasteiger partial charge < -0.3 is 10.1 Å². The molecule has 1 unspecified atom stereocenters. The fourth-order valence-electron chi connectivity index (χ4n) is 2.91. The van der Waals surface area contributed by atoms with E-state index in [-0.39, 0.29) is 12.4 Å². The SMILES string of the molecule is Cc1ccccc1C1CN(CCOc2ccccn2)CCN1.Cl. The van der Waals surface area contributed by atoms with E-state index in [4.69, 9.17) is 4.74 Å². The molecule has 0 bridgehead atoms. The molecule has 1 saturated heterocycles. The van der Waals surface area contributed by atoms with Crippen LogP contribution in [-0.2, 0) is 0 Å². The first kappa shape index (κ1) is 17.7. The third-order valence-electron chi connectivity index (χ3n) is 4.12. The minimum absolute atomic E-state index is 0. The molecule has 0 saturated carbocycles. The Bertz CT molecular complexity index is 594. The zero-order valence-electron chi connectivity index (χ0n) is 13.4. The van der Waals surface area contributed by atoms with Crippen molar-refractivity contribution in [1.82, 2.24) is 15.2 Å². The van der Waals surface area contributed by atoms with Crippen molar-refractivity contribution in [3.05, 3.63) is 59.8 Å². The lowest BCUT2D eigenvalue weighted by molar-refractivity contribution is 0.163. The summed E-state index contributed by atoms with van der Waals surface area (Å²) in [5.41, 5.74) is 2.75. The number of ether oxygens (including phenoxy) is 1. The maximum Gasteiger partial charge on any atom is 0.213 e. The quantitative estimate of drug-likeness (QED) is 0.913. The van der Waals surface area contributed by atoms with Gasteiger partial charge in [-0.25, -0.2) is 4.98 Å². The molecule has 1 aromatic heterocycles. The highest BCUT2D eigenvalue weighted by atomic mass is 35.5. The molecule has 0 aliphatic carbocycles. The van der Waals surface area contributed by atoms with Crippen LogP contribution in [0.15, 0.2) is 48.7 Å². The minimum atomic E-state index is 0. The molecule has 1 N–H and O–H groups in total. The Morgan fingerprint density at radius 1 is 1.22 bits per heavy atom. The Balaban J connectivity index is 0.00000192. The van der Waals surface area contributed by atoms with E-state index in [9.17, 15) is 0 Å². The topological polar surface area (TPSA) is 37.4 Å². The fraction of sp³-hybridized carbons (Fsp3) is 0.389. The zero-order chi connectivity index (χ0) is 15.2. The second-order valence-electron chi connectivity index (χ2n) is 5.68. The van der Waals surface area contributed by atoms with Crippen molar-refractivity contribution < 1.29 is 4.74 Å². The molecule has 3 rings (SSSR count). The summed E-state index contributed by atoms with van der Waals surface area (Å²) in [6.07, 6.45) is 1.76. The number of rotatable bonds is 5. The standard InChI is InChI=1S/C18H23N3O.ClH/c1-15-6-2-3-7-16(15)17-14-21(11-10-19-17)12-13-22-18-8-4-5-9-20-18;/h2-9,17,19H,10-14H2,1H3;1H. The number of pyridine rings is 1. The highest BCUT2D eigenvalue weighted by Gasteiger charge is 2.21.